The Hall–Kier alpha value is -3.33. The molecule has 6 heteroatoms. The lowest BCUT2D eigenvalue weighted by atomic mass is 10.1. The first-order chi connectivity index (χ1) is 11.7. The van der Waals surface area contributed by atoms with Crippen LogP contribution in [0.25, 0.3) is 0 Å². The number of carbonyl (C=O) groups excluding carboxylic acids is 1. The van der Waals surface area contributed by atoms with Gasteiger partial charge in [0.2, 0.25) is 0 Å². The molecule has 0 spiro atoms. The molecule has 0 saturated carbocycles. The highest BCUT2D eigenvalue weighted by Crippen LogP contribution is 2.28. The zero-order valence-electron chi connectivity index (χ0n) is 14.2. The number of hydrogen-bond acceptors (Lipinski definition) is 4. The van der Waals surface area contributed by atoms with Gasteiger partial charge in [-0.05, 0) is 63.2 Å². The van der Waals surface area contributed by atoms with E-state index in [1.807, 2.05) is 6.07 Å². The molecule has 2 aromatic carbocycles. The van der Waals surface area contributed by atoms with Crippen LogP contribution >= 0.6 is 0 Å². The Morgan fingerprint density at radius 2 is 1.72 bits per heavy atom. The maximum Gasteiger partial charge on any atom is 0.419 e. The Bertz CT molecular complexity index is 830. The summed E-state index contributed by atoms with van der Waals surface area (Å²) in [5.74, 6) is -1.09. The summed E-state index contributed by atoms with van der Waals surface area (Å²) >= 11 is 0. The molecule has 0 saturated heterocycles. The van der Waals surface area contributed by atoms with Crippen LogP contribution in [0, 0.1) is 11.3 Å². The molecule has 2 aromatic rings. The number of ether oxygens (including phenoxy) is 1. The Morgan fingerprint density at radius 1 is 1.08 bits per heavy atom. The Morgan fingerprint density at radius 3 is 2.24 bits per heavy atom. The lowest BCUT2D eigenvalue weighted by Gasteiger charge is -2.27. The van der Waals surface area contributed by atoms with Gasteiger partial charge in [-0.1, -0.05) is 6.07 Å². The second-order valence-corrected chi connectivity index (χ2v) is 6.33. The molecule has 0 atom stereocenters. The fourth-order valence-corrected chi connectivity index (χ4v) is 2.13. The first-order valence-electron chi connectivity index (χ1n) is 7.58. The van der Waals surface area contributed by atoms with Gasteiger partial charge in [-0.3, -0.25) is 0 Å². The van der Waals surface area contributed by atoms with E-state index in [0.29, 0.717) is 16.9 Å². The van der Waals surface area contributed by atoms with Gasteiger partial charge in [-0.2, -0.15) is 5.26 Å². The summed E-state index contributed by atoms with van der Waals surface area (Å²) in [4.78, 5) is 25.2. The molecular formula is C19H18N2O4. The van der Waals surface area contributed by atoms with E-state index in [4.69, 9.17) is 10.00 Å². The number of carboxylic acid groups (broad SMARTS) is 1. The van der Waals surface area contributed by atoms with Crippen LogP contribution in [-0.2, 0) is 4.74 Å². The molecule has 0 heterocycles. The highest BCUT2D eigenvalue weighted by molar-refractivity contribution is 5.98. The molecule has 0 aliphatic rings. The van der Waals surface area contributed by atoms with E-state index in [1.54, 1.807) is 57.2 Å². The van der Waals surface area contributed by atoms with E-state index in [1.165, 1.54) is 17.0 Å². The average molecular weight is 338 g/mol. The molecule has 0 aromatic heterocycles. The molecular weight excluding hydrogens is 320 g/mol. The number of rotatable bonds is 3. The van der Waals surface area contributed by atoms with E-state index in [-0.39, 0.29) is 5.56 Å². The van der Waals surface area contributed by atoms with Crippen LogP contribution < -0.4 is 4.90 Å². The highest BCUT2D eigenvalue weighted by Gasteiger charge is 2.25. The van der Waals surface area contributed by atoms with Gasteiger partial charge in [0.25, 0.3) is 0 Å². The molecule has 0 bridgehead atoms. The summed E-state index contributed by atoms with van der Waals surface area (Å²) in [7, 11) is 0. The topological polar surface area (TPSA) is 90.6 Å². The minimum absolute atomic E-state index is 0.0553. The number of amides is 1. The van der Waals surface area contributed by atoms with Gasteiger partial charge in [0.15, 0.2) is 0 Å². The number of aromatic carboxylic acids is 1. The van der Waals surface area contributed by atoms with Crippen LogP contribution in [0.5, 0.6) is 0 Å². The quantitative estimate of drug-likeness (QED) is 0.899. The van der Waals surface area contributed by atoms with Crippen LogP contribution in [0.1, 0.15) is 36.7 Å². The lowest BCUT2D eigenvalue weighted by Crippen LogP contribution is -2.34. The van der Waals surface area contributed by atoms with Crippen molar-refractivity contribution in [2.75, 3.05) is 4.90 Å². The van der Waals surface area contributed by atoms with Crippen molar-refractivity contribution in [2.24, 2.45) is 0 Å². The van der Waals surface area contributed by atoms with E-state index in [0.717, 1.165) is 0 Å². The number of anilines is 2. The SMILES string of the molecule is CC(C)(C)OC(=O)N(c1ccc(C#N)cc1)c1cccc(C(=O)O)c1. The van der Waals surface area contributed by atoms with E-state index >= 15 is 0 Å². The predicted molar refractivity (Wildman–Crippen MR) is 92.9 cm³/mol. The predicted octanol–water partition coefficient (Wildman–Crippen LogP) is 4.33. The standard InChI is InChI=1S/C19H18N2O4/c1-19(2,3)25-18(24)21(15-9-7-13(12-20)8-10-15)16-6-4-5-14(11-16)17(22)23/h4-11H,1-3H3,(H,22,23). The highest BCUT2D eigenvalue weighted by atomic mass is 16.6. The zero-order valence-corrected chi connectivity index (χ0v) is 14.2. The lowest BCUT2D eigenvalue weighted by molar-refractivity contribution is 0.0597. The van der Waals surface area contributed by atoms with Crippen molar-refractivity contribution < 1.29 is 19.4 Å². The van der Waals surface area contributed by atoms with Crippen LogP contribution in [-0.4, -0.2) is 22.8 Å². The molecule has 0 fully saturated rings. The molecule has 6 nitrogen and oxygen atoms in total. The van der Waals surface area contributed by atoms with Gasteiger partial charge in [-0.15, -0.1) is 0 Å². The fourth-order valence-electron chi connectivity index (χ4n) is 2.13. The molecule has 2 rings (SSSR count). The van der Waals surface area contributed by atoms with Crippen molar-refractivity contribution in [3.63, 3.8) is 0 Å². The van der Waals surface area contributed by atoms with Crippen LogP contribution in [0.3, 0.4) is 0 Å². The smallest absolute Gasteiger partial charge is 0.419 e. The molecule has 1 N–H and O–H groups in total. The molecule has 25 heavy (non-hydrogen) atoms. The van der Waals surface area contributed by atoms with Crippen molar-refractivity contribution in [3.05, 3.63) is 59.7 Å². The second-order valence-electron chi connectivity index (χ2n) is 6.33. The summed E-state index contributed by atoms with van der Waals surface area (Å²) in [5, 5.41) is 18.1. The number of carboxylic acids is 1. The molecule has 0 radical (unpaired) electrons. The summed E-state index contributed by atoms with van der Waals surface area (Å²) in [6, 6.07) is 14.4. The Balaban J connectivity index is 2.51. The van der Waals surface area contributed by atoms with Crippen LogP contribution in [0.15, 0.2) is 48.5 Å². The molecule has 0 unspecified atom stereocenters. The van der Waals surface area contributed by atoms with Gasteiger partial charge in [0.1, 0.15) is 5.60 Å². The third-order valence-electron chi connectivity index (χ3n) is 3.18. The summed E-state index contributed by atoms with van der Waals surface area (Å²) in [5.41, 5.74) is 0.619. The zero-order chi connectivity index (χ0) is 18.6. The minimum Gasteiger partial charge on any atom is -0.478 e. The van der Waals surface area contributed by atoms with Gasteiger partial charge in [0, 0.05) is 0 Å². The number of carbonyl (C=O) groups is 2. The maximum atomic E-state index is 12.7. The molecule has 0 aliphatic heterocycles. The van der Waals surface area contributed by atoms with Gasteiger partial charge >= 0.3 is 12.1 Å². The summed E-state index contributed by atoms with van der Waals surface area (Å²) < 4.78 is 5.44. The van der Waals surface area contributed by atoms with Crippen LogP contribution in [0.2, 0.25) is 0 Å². The minimum atomic E-state index is -1.09. The number of benzene rings is 2. The van der Waals surface area contributed by atoms with Gasteiger partial charge < -0.3 is 9.84 Å². The largest absolute Gasteiger partial charge is 0.478 e. The third kappa shape index (κ3) is 4.58. The Labute approximate surface area is 145 Å². The van der Waals surface area contributed by atoms with E-state index in [2.05, 4.69) is 0 Å². The number of nitrogens with zero attached hydrogens (tertiary/aromatic N) is 2. The average Bonchev–Trinajstić information content (AvgIpc) is 2.54. The summed E-state index contributed by atoms with van der Waals surface area (Å²) in [6.45, 7) is 5.24. The Kier molecular flexibility index (Phi) is 5.08. The van der Waals surface area contributed by atoms with E-state index in [9.17, 15) is 14.7 Å². The molecule has 1 amide bonds. The van der Waals surface area contributed by atoms with Crippen molar-refractivity contribution in [1.82, 2.24) is 0 Å². The molecule has 128 valence electrons. The first kappa shape index (κ1) is 18.0. The van der Waals surface area contributed by atoms with E-state index < -0.39 is 17.7 Å². The number of hydrogen-bond donors (Lipinski definition) is 1. The monoisotopic (exact) mass is 338 g/mol. The number of nitriles is 1. The third-order valence-corrected chi connectivity index (χ3v) is 3.18. The maximum absolute atomic E-state index is 12.7. The van der Waals surface area contributed by atoms with Gasteiger partial charge in [-0.25, -0.2) is 14.5 Å². The normalized spacial score (nSPS) is 10.6. The van der Waals surface area contributed by atoms with Crippen molar-refractivity contribution in [1.29, 1.82) is 5.26 Å². The molecule has 0 aliphatic carbocycles. The fraction of sp³-hybridized carbons (Fsp3) is 0.211. The van der Waals surface area contributed by atoms with Crippen LogP contribution in [0.4, 0.5) is 16.2 Å². The van der Waals surface area contributed by atoms with Gasteiger partial charge in [0.05, 0.1) is 28.6 Å². The van der Waals surface area contributed by atoms with Crippen molar-refractivity contribution in [2.45, 2.75) is 26.4 Å². The first-order valence-corrected chi connectivity index (χ1v) is 7.58. The second kappa shape index (κ2) is 7.05. The summed E-state index contributed by atoms with van der Waals surface area (Å²) in [6.07, 6.45) is -0.639. The van der Waals surface area contributed by atoms with Crippen molar-refractivity contribution in [3.8, 4) is 6.07 Å². The van der Waals surface area contributed by atoms with Crippen molar-refractivity contribution >= 4 is 23.4 Å².